The van der Waals surface area contributed by atoms with Crippen molar-refractivity contribution in [3.63, 3.8) is 0 Å². The van der Waals surface area contributed by atoms with E-state index in [0.717, 1.165) is 24.2 Å². The normalized spacial score (nSPS) is 21.9. The fraction of sp³-hybridized carbons (Fsp3) is 0.462. The first-order valence-corrected chi connectivity index (χ1v) is 5.95. The molecule has 0 spiro atoms. The monoisotopic (exact) mass is 250 g/mol. The zero-order valence-electron chi connectivity index (χ0n) is 10.6. The van der Waals surface area contributed by atoms with Crippen molar-refractivity contribution in [1.29, 1.82) is 0 Å². The zero-order valence-corrected chi connectivity index (χ0v) is 10.6. The van der Waals surface area contributed by atoms with Crippen LogP contribution in [-0.2, 0) is 9.47 Å². The van der Waals surface area contributed by atoms with E-state index in [0.29, 0.717) is 12.1 Å². The second-order valence-electron chi connectivity index (χ2n) is 4.36. The van der Waals surface area contributed by atoms with Crippen molar-refractivity contribution in [2.75, 3.05) is 24.9 Å². The highest BCUT2D eigenvalue weighted by Gasteiger charge is 2.28. The Labute approximate surface area is 106 Å². The molecule has 1 aliphatic rings. The average molecular weight is 250 g/mol. The summed E-state index contributed by atoms with van der Waals surface area (Å²) in [4.78, 5) is 11.0. The van der Waals surface area contributed by atoms with Gasteiger partial charge in [-0.15, -0.1) is 0 Å². The number of rotatable bonds is 4. The highest BCUT2D eigenvalue weighted by molar-refractivity contribution is 5.84. The third-order valence-electron chi connectivity index (χ3n) is 3.12. The van der Waals surface area contributed by atoms with Crippen LogP contribution in [-0.4, -0.2) is 32.5 Å². The van der Waals surface area contributed by atoms with Crippen LogP contribution in [0.3, 0.4) is 0 Å². The summed E-state index contributed by atoms with van der Waals surface area (Å²) >= 11 is 0. The van der Waals surface area contributed by atoms with Crippen LogP contribution in [0.5, 0.6) is 0 Å². The first-order chi connectivity index (χ1) is 8.71. The Morgan fingerprint density at radius 3 is 2.33 bits per heavy atom. The lowest BCUT2D eigenvalue weighted by molar-refractivity contribution is 0.0329. The summed E-state index contributed by atoms with van der Waals surface area (Å²) in [6.45, 7) is 0. The Balaban J connectivity index is 1.83. The molecule has 0 atom stereocenters. The summed E-state index contributed by atoms with van der Waals surface area (Å²) in [5.74, 6) is 0. The van der Waals surface area contributed by atoms with Crippen LogP contribution >= 0.6 is 0 Å². The van der Waals surface area contributed by atoms with Crippen LogP contribution in [0, 0.1) is 0 Å². The molecule has 5 nitrogen and oxygen atoms in total. The van der Waals surface area contributed by atoms with Crippen molar-refractivity contribution < 1.29 is 14.3 Å². The van der Waals surface area contributed by atoms with Gasteiger partial charge < -0.3 is 14.8 Å². The molecule has 0 aliphatic heterocycles. The minimum absolute atomic E-state index is 0.391. The fourth-order valence-corrected chi connectivity index (χ4v) is 1.93. The topological polar surface area (TPSA) is 59.6 Å². The molecule has 0 radical (unpaired) electrons. The number of hydrogen-bond acceptors (Lipinski definition) is 4. The maximum atomic E-state index is 11.0. The van der Waals surface area contributed by atoms with Crippen LogP contribution < -0.4 is 10.6 Å². The quantitative estimate of drug-likeness (QED) is 0.861. The standard InChI is InChI=1S/C13H18N2O3/c1-17-12-7-11(8-12)14-9-3-5-10(6-4-9)15-13(16)18-2/h3-6,11-12,14H,7-8H2,1-2H3,(H,15,16). The molecule has 5 heteroatoms. The predicted molar refractivity (Wildman–Crippen MR) is 69.9 cm³/mol. The lowest BCUT2D eigenvalue weighted by Gasteiger charge is -2.35. The molecule has 0 heterocycles. The van der Waals surface area contributed by atoms with Crippen molar-refractivity contribution in [2.45, 2.75) is 25.0 Å². The van der Waals surface area contributed by atoms with Gasteiger partial charge in [0.15, 0.2) is 0 Å². The van der Waals surface area contributed by atoms with E-state index in [2.05, 4.69) is 15.4 Å². The summed E-state index contributed by atoms with van der Waals surface area (Å²) in [5, 5.41) is 6.02. The van der Waals surface area contributed by atoms with Gasteiger partial charge in [-0.3, -0.25) is 5.32 Å². The maximum Gasteiger partial charge on any atom is 0.411 e. The Morgan fingerprint density at radius 1 is 1.17 bits per heavy atom. The maximum absolute atomic E-state index is 11.0. The van der Waals surface area contributed by atoms with Crippen LogP contribution in [0.2, 0.25) is 0 Å². The molecule has 1 aromatic rings. The minimum Gasteiger partial charge on any atom is -0.453 e. The van der Waals surface area contributed by atoms with Crippen LogP contribution in [0.4, 0.5) is 16.2 Å². The predicted octanol–water partition coefficient (Wildman–Crippen LogP) is 2.45. The molecule has 2 rings (SSSR count). The summed E-state index contributed by atoms with van der Waals surface area (Å²) in [5.41, 5.74) is 1.76. The van der Waals surface area contributed by atoms with Crippen molar-refractivity contribution in [3.8, 4) is 0 Å². The molecule has 0 saturated heterocycles. The number of methoxy groups -OCH3 is 2. The van der Waals surface area contributed by atoms with Gasteiger partial charge in [0.25, 0.3) is 0 Å². The largest absolute Gasteiger partial charge is 0.453 e. The van der Waals surface area contributed by atoms with Crippen LogP contribution in [0.15, 0.2) is 24.3 Å². The molecule has 2 N–H and O–H groups in total. The Morgan fingerprint density at radius 2 is 1.78 bits per heavy atom. The lowest BCUT2D eigenvalue weighted by atomic mass is 9.89. The summed E-state index contributed by atoms with van der Waals surface area (Å²) in [6.07, 6.45) is 2.01. The summed E-state index contributed by atoms with van der Waals surface area (Å²) in [6, 6.07) is 8.03. The first-order valence-electron chi connectivity index (χ1n) is 5.95. The molecular formula is C13H18N2O3. The molecule has 1 aliphatic carbocycles. The number of anilines is 2. The summed E-state index contributed by atoms with van der Waals surface area (Å²) in [7, 11) is 3.09. The Hall–Kier alpha value is -1.75. The van der Waals surface area contributed by atoms with E-state index < -0.39 is 6.09 Å². The van der Waals surface area contributed by atoms with Gasteiger partial charge >= 0.3 is 6.09 Å². The van der Waals surface area contributed by atoms with Crippen LogP contribution in [0.25, 0.3) is 0 Å². The second kappa shape index (κ2) is 5.73. The first kappa shape index (κ1) is 12.7. The molecule has 0 bridgehead atoms. The smallest absolute Gasteiger partial charge is 0.411 e. The van der Waals surface area contributed by atoms with Gasteiger partial charge in [-0.1, -0.05) is 0 Å². The molecule has 1 fully saturated rings. The molecule has 1 aromatic carbocycles. The average Bonchev–Trinajstić information content (AvgIpc) is 2.35. The van der Waals surface area contributed by atoms with E-state index in [1.165, 1.54) is 7.11 Å². The van der Waals surface area contributed by atoms with Crippen LogP contribution in [0.1, 0.15) is 12.8 Å². The SMILES string of the molecule is COC(=O)Nc1ccc(NC2CC(OC)C2)cc1. The van der Waals surface area contributed by atoms with Crippen molar-refractivity contribution >= 4 is 17.5 Å². The van der Waals surface area contributed by atoms with E-state index in [1.54, 1.807) is 7.11 Å². The highest BCUT2D eigenvalue weighted by Crippen LogP contribution is 2.26. The highest BCUT2D eigenvalue weighted by atomic mass is 16.5. The van der Waals surface area contributed by atoms with E-state index in [1.807, 2.05) is 24.3 Å². The Kier molecular flexibility index (Phi) is 4.04. The minimum atomic E-state index is -0.461. The molecule has 98 valence electrons. The third kappa shape index (κ3) is 3.13. The molecule has 0 unspecified atom stereocenters. The van der Waals surface area contributed by atoms with Crippen molar-refractivity contribution in [2.24, 2.45) is 0 Å². The number of carbonyl (C=O) groups is 1. The van der Waals surface area contributed by atoms with Crippen molar-refractivity contribution in [1.82, 2.24) is 0 Å². The molecule has 0 aromatic heterocycles. The molecule has 1 saturated carbocycles. The fourth-order valence-electron chi connectivity index (χ4n) is 1.93. The van der Waals surface area contributed by atoms with Gasteiger partial charge in [0.1, 0.15) is 0 Å². The van der Waals surface area contributed by atoms with Gasteiger partial charge in [-0.2, -0.15) is 0 Å². The van der Waals surface area contributed by atoms with E-state index in [-0.39, 0.29) is 0 Å². The zero-order chi connectivity index (χ0) is 13.0. The molecule has 18 heavy (non-hydrogen) atoms. The van der Waals surface area contributed by atoms with Gasteiger partial charge in [0, 0.05) is 24.5 Å². The number of carbonyl (C=O) groups excluding carboxylic acids is 1. The number of ether oxygens (including phenoxy) is 2. The van der Waals surface area contributed by atoms with Gasteiger partial charge in [-0.05, 0) is 37.1 Å². The third-order valence-corrected chi connectivity index (χ3v) is 3.12. The van der Waals surface area contributed by atoms with E-state index in [9.17, 15) is 4.79 Å². The number of amides is 1. The van der Waals surface area contributed by atoms with Gasteiger partial charge in [-0.25, -0.2) is 4.79 Å². The number of benzene rings is 1. The van der Waals surface area contributed by atoms with Gasteiger partial charge in [0.2, 0.25) is 0 Å². The molecule has 1 amide bonds. The van der Waals surface area contributed by atoms with Crippen molar-refractivity contribution in [3.05, 3.63) is 24.3 Å². The number of hydrogen-bond donors (Lipinski definition) is 2. The van der Waals surface area contributed by atoms with E-state index in [4.69, 9.17) is 4.74 Å². The lowest BCUT2D eigenvalue weighted by Crippen LogP contribution is -2.40. The Bertz CT molecular complexity index is 399. The van der Waals surface area contributed by atoms with Gasteiger partial charge in [0.05, 0.1) is 13.2 Å². The van der Waals surface area contributed by atoms with E-state index >= 15 is 0 Å². The summed E-state index contributed by atoms with van der Waals surface area (Å²) < 4.78 is 9.75. The second-order valence-corrected chi connectivity index (χ2v) is 4.36. The molecular weight excluding hydrogens is 232 g/mol. The number of nitrogens with one attached hydrogen (secondary N) is 2.